The van der Waals surface area contributed by atoms with Crippen molar-refractivity contribution in [2.24, 2.45) is 0 Å². The normalized spacial score (nSPS) is 19.6. The van der Waals surface area contributed by atoms with E-state index >= 15 is 0 Å². The van der Waals surface area contributed by atoms with Crippen molar-refractivity contribution in [3.8, 4) is 16.9 Å². The predicted molar refractivity (Wildman–Crippen MR) is 115 cm³/mol. The Kier molecular flexibility index (Phi) is 5.38. The molecule has 0 bridgehead atoms. The number of likely N-dealkylation sites (tertiary alicyclic amines) is 1. The van der Waals surface area contributed by atoms with Crippen LogP contribution < -0.4 is 4.90 Å². The molecule has 2 aliphatic heterocycles. The Hall–Kier alpha value is -3.26. The maximum absolute atomic E-state index is 14.9. The van der Waals surface area contributed by atoms with E-state index in [0.717, 1.165) is 30.9 Å². The van der Waals surface area contributed by atoms with Gasteiger partial charge in [0.15, 0.2) is 5.82 Å². The Morgan fingerprint density at radius 2 is 2.00 bits per heavy atom. The lowest BCUT2D eigenvalue weighted by atomic mass is 10.1. The highest BCUT2D eigenvalue weighted by Crippen LogP contribution is 2.27. The molecular formula is C23H24FN5O2. The van der Waals surface area contributed by atoms with Gasteiger partial charge in [0, 0.05) is 24.5 Å². The topological polar surface area (TPSA) is 63.5 Å². The van der Waals surface area contributed by atoms with E-state index in [1.807, 2.05) is 18.2 Å². The average Bonchev–Trinajstić information content (AvgIpc) is 3.42. The quantitative estimate of drug-likeness (QED) is 0.626. The number of cyclic esters (lactones) is 1. The number of carbonyl (C=O) groups excluding carboxylic acids is 1. The van der Waals surface area contributed by atoms with Gasteiger partial charge >= 0.3 is 6.09 Å². The minimum absolute atomic E-state index is 0.194. The van der Waals surface area contributed by atoms with Crippen molar-refractivity contribution in [1.82, 2.24) is 19.7 Å². The van der Waals surface area contributed by atoms with Crippen molar-refractivity contribution in [1.29, 1.82) is 0 Å². The highest BCUT2D eigenvalue weighted by molar-refractivity contribution is 5.89. The molecular weight excluding hydrogens is 397 g/mol. The van der Waals surface area contributed by atoms with E-state index in [1.54, 1.807) is 30.7 Å². The second-order valence-corrected chi connectivity index (χ2v) is 8.00. The van der Waals surface area contributed by atoms with E-state index in [0.29, 0.717) is 17.9 Å². The third kappa shape index (κ3) is 4.16. The molecule has 0 spiro atoms. The number of piperidine rings is 1. The summed E-state index contributed by atoms with van der Waals surface area (Å²) in [4.78, 5) is 20.5. The first-order valence-corrected chi connectivity index (χ1v) is 10.6. The average molecular weight is 421 g/mol. The van der Waals surface area contributed by atoms with Crippen LogP contribution in [-0.4, -0.2) is 58.0 Å². The number of carbonyl (C=O) groups is 1. The van der Waals surface area contributed by atoms with Crippen LogP contribution in [0.15, 0.2) is 55.0 Å². The summed E-state index contributed by atoms with van der Waals surface area (Å²) in [6, 6.07) is 10.3. The molecule has 0 radical (unpaired) electrons. The van der Waals surface area contributed by atoms with Gasteiger partial charge in [-0.15, -0.1) is 0 Å². The Morgan fingerprint density at radius 3 is 2.77 bits per heavy atom. The van der Waals surface area contributed by atoms with Crippen LogP contribution in [0.4, 0.5) is 14.9 Å². The van der Waals surface area contributed by atoms with Crippen LogP contribution in [0.25, 0.3) is 16.9 Å². The number of pyridine rings is 1. The van der Waals surface area contributed by atoms with Crippen LogP contribution in [0.2, 0.25) is 0 Å². The van der Waals surface area contributed by atoms with E-state index in [4.69, 9.17) is 4.74 Å². The lowest BCUT2D eigenvalue weighted by molar-refractivity contribution is 0.101. The number of benzene rings is 1. The van der Waals surface area contributed by atoms with Crippen LogP contribution in [0.3, 0.4) is 0 Å². The van der Waals surface area contributed by atoms with E-state index in [9.17, 15) is 9.18 Å². The Bertz CT molecular complexity index is 1060. The summed E-state index contributed by atoms with van der Waals surface area (Å²) in [7, 11) is 0. The van der Waals surface area contributed by atoms with Gasteiger partial charge in [-0.2, -0.15) is 5.10 Å². The number of hydrogen-bond donors (Lipinski definition) is 0. The lowest BCUT2D eigenvalue weighted by Crippen LogP contribution is -2.38. The molecule has 2 fully saturated rings. The first kappa shape index (κ1) is 19.7. The fourth-order valence-electron chi connectivity index (χ4n) is 4.23. The second kappa shape index (κ2) is 8.47. The van der Waals surface area contributed by atoms with Crippen molar-refractivity contribution in [3.05, 3.63) is 60.8 Å². The van der Waals surface area contributed by atoms with Gasteiger partial charge in [-0.3, -0.25) is 14.8 Å². The molecule has 2 saturated heterocycles. The number of nitrogens with zero attached hydrogens (tertiary/aromatic N) is 5. The van der Waals surface area contributed by atoms with Gasteiger partial charge in [-0.05, 0) is 56.3 Å². The summed E-state index contributed by atoms with van der Waals surface area (Å²) >= 11 is 0. The van der Waals surface area contributed by atoms with E-state index in [1.165, 1.54) is 34.9 Å². The van der Waals surface area contributed by atoms with Crippen molar-refractivity contribution in [2.75, 3.05) is 31.1 Å². The predicted octanol–water partition coefficient (Wildman–Crippen LogP) is 3.88. The molecule has 1 aromatic carbocycles. The fraction of sp³-hybridized carbons (Fsp3) is 0.348. The van der Waals surface area contributed by atoms with Gasteiger partial charge in [0.1, 0.15) is 11.8 Å². The number of amides is 1. The van der Waals surface area contributed by atoms with Crippen molar-refractivity contribution >= 4 is 11.8 Å². The molecule has 8 heteroatoms. The van der Waals surface area contributed by atoms with E-state index in [-0.39, 0.29) is 6.10 Å². The Morgan fingerprint density at radius 1 is 1.13 bits per heavy atom. The molecule has 0 N–H and O–H groups in total. The lowest BCUT2D eigenvalue weighted by Gasteiger charge is -2.27. The zero-order chi connectivity index (χ0) is 21.2. The zero-order valence-electron chi connectivity index (χ0n) is 17.2. The number of ether oxygens (including phenoxy) is 1. The summed E-state index contributed by atoms with van der Waals surface area (Å²) in [5, 5.41) is 4.27. The molecule has 2 aliphatic rings. The van der Waals surface area contributed by atoms with Crippen LogP contribution in [0, 0.1) is 5.82 Å². The zero-order valence-corrected chi connectivity index (χ0v) is 17.2. The van der Waals surface area contributed by atoms with Gasteiger partial charge in [-0.1, -0.05) is 12.5 Å². The standard InChI is InChI=1S/C23H24FN5O2/c24-20-12-18(28-16-19(31-23(28)30)15-27-10-4-1-5-11-27)7-8-22(20)29-14-17(13-26-29)21-6-2-3-9-25-21/h2-3,6-9,12-14,19H,1,4-5,10-11,15-16H2/t19-/m0/s1. The molecule has 5 rings (SSSR count). The first-order valence-electron chi connectivity index (χ1n) is 10.6. The molecule has 0 aliphatic carbocycles. The smallest absolute Gasteiger partial charge is 0.414 e. The SMILES string of the molecule is O=C1O[C@@H](CN2CCCCC2)CN1c1ccc(-n2cc(-c3ccccn3)cn2)c(F)c1. The summed E-state index contributed by atoms with van der Waals surface area (Å²) < 4.78 is 21.9. The second-order valence-electron chi connectivity index (χ2n) is 8.00. The molecule has 0 saturated carbocycles. The van der Waals surface area contributed by atoms with Crippen molar-refractivity contribution in [2.45, 2.75) is 25.4 Å². The largest absolute Gasteiger partial charge is 0.443 e. The van der Waals surface area contributed by atoms with Gasteiger partial charge in [-0.25, -0.2) is 13.9 Å². The molecule has 160 valence electrons. The van der Waals surface area contributed by atoms with Crippen molar-refractivity contribution in [3.63, 3.8) is 0 Å². The third-order valence-electron chi connectivity index (χ3n) is 5.82. The van der Waals surface area contributed by atoms with E-state index < -0.39 is 11.9 Å². The maximum Gasteiger partial charge on any atom is 0.414 e. The van der Waals surface area contributed by atoms with Crippen LogP contribution in [0.5, 0.6) is 0 Å². The van der Waals surface area contributed by atoms with Gasteiger partial charge in [0.2, 0.25) is 0 Å². The molecule has 7 nitrogen and oxygen atoms in total. The van der Waals surface area contributed by atoms with Crippen molar-refractivity contribution < 1.29 is 13.9 Å². The summed E-state index contributed by atoms with van der Waals surface area (Å²) in [5.41, 5.74) is 2.37. The van der Waals surface area contributed by atoms with Gasteiger partial charge in [0.25, 0.3) is 0 Å². The highest BCUT2D eigenvalue weighted by Gasteiger charge is 2.34. The number of rotatable bonds is 5. The van der Waals surface area contributed by atoms with E-state index in [2.05, 4.69) is 15.0 Å². The molecule has 0 unspecified atom stereocenters. The van der Waals surface area contributed by atoms with Gasteiger partial charge in [0.05, 0.1) is 24.1 Å². The fourth-order valence-corrected chi connectivity index (χ4v) is 4.23. The number of halogens is 1. The monoisotopic (exact) mass is 421 g/mol. The van der Waals surface area contributed by atoms with Crippen LogP contribution in [0.1, 0.15) is 19.3 Å². The Balaban J connectivity index is 1.30. The molecule has 1 amide bonds. The molecule has 1 atom stereocenters. The Labute approximate surface area is 180 Å². The summed E-state index contributed by atoms with van der Waals surface area (Å²) in [6.07, 6.45) is 8.11. The number of anilines is 1. The maximum atomic E-state index is 14.9. The minimum atomic E-state index is -0.458. The molecule has 3 aromatic rings. The number of aromatic nitrogens is 3. The molecule has 2 aromatic heterocycles. The highest BCUT2D eigenvalue weighted by atomic mass is 19.1. The third-order valence-corrected chi connectivity index (χ3v) is 5.82. The first-order chi connectivity index (χ1) is 15.2. The molecule has 31 heavy (non-hydrogen) atoms. The number of hydrogen-bond acceptors (Lipinski definition) is 5. The van der Waals surface area contributed by atoms with Gasteiger partial charge < -0.3 is 4.74 Å². The van der Waals surface area contributed by atoms with Crippen LogP contribution >= 0.6 is 0 Å². The summed E-state index contributed by atoms with van der Waals surface area (Å²) in [5.74, 6) is -0.458. The summed E-state index contributed by atoms with van der Waals surface area (Å²) in [6.45, 7) is 3.25. The van der Waals surface area contributed by atoms with Crippen LogP contribution in [-0.2, 0) is 4.74 Å². The minimum Gasteiger partial charge on any atom is -0.443 e. The molecule has 4 heterocycles.